The van der Waals surface area contributed by atoms with E-state index in [1.54, 1.807) is 92.7 Å². The minimum absolute atomic E-state index is 0.0401. The molecule has 2 heterocycles. The highest BCUT2D eigenvalue weighted by molar-refractivity contribution is 7.75. The van der Waals surface area contributed by atoms with Crippen molar-refractivity contribution < 1.29 is 75.2 Å². The van der Waals surface area contributed by atoms with Gasteiger partial charge in [0, 0.05) is 31.2 Å². The van der Waals surface area contributed by atoms with Gasteiger partial charge >= 0.3 is 35.2 Å². The van der Waals surface area contributed by atoms with Gasteiger partial charge in [-0.15, -0.1) is 0 Å². The molecule has 3 aromatic rings. The van der Waals surface area contributed by atoms with Gasteiger partial charge in [-0.2, -0.15) is 4.21 Å². The lowest BCUT2D eigenvalue weighted by atomic mass is 9.44. The molecule has 2 aliphatic heterocycles. The average molecular weight is 916 g/mol. The minimum Gasteiger partial charge on any atom is -0.456 e. The van der Waals surface area contributed by atoms with Crippen LogP contribution in [0.4, 0.5) is 0 Å². The maximum Gasteiger partial charge on any atom is 0.338 e. The summed E-state index contributed by atoms with van der Waals surface area (Å²) in [6.07, 6.45) is -12.0. The van der Waals surface area contributed by atoms with Crippen LogP contribution < -0.4 is 5.32 Å². The number of ketones is 1. The maximum absolute atomic E-state index is 15.8. The summed E-state index contributed by atoms with van der Waals surface area (Å²) in [4.78, 5) is 84.5. The fraction of sp³-hybridized carbons (Fsp3) is 0.447. The molecule has 2 bridgehead atoms. The van der Waals surface area contributed by atoms with E-state index in [4.69, 9.17) is 32.1 Å². The van der Waals surface area contributed by atoms with Gasteiger partial charge in [-0.05, 0) is 54.8 Å². The number of rotatable bonds is 10. The fourth-order valence-electron chi connectivity index (χ4n) is 10.7. The average Bonchev–Trinajstić information content (AvgIpc) is 3.65. The molecular weight excluding hydrogens is 867 g/mol. The fourth-order valence-corrected chi connectivity index (χ4v) is 11.6. The van der Waals surface area contributed by atoms with Gasteiger partial charge in [-0.1, -0.05) is 80.6 Å². The molecule has 0 aromatic heterocycles. The van der Waals surface area contributed by atoms with Crippen LogP contribution in [0.1, 0.15) is 80.3 Å². The summed E-state index contributed by atoms with van der Waals surface area (Å²) in [5.41, 5.74) is -7.51. The van der Waals surface area contributed by atoms with Gasteiger partial charge in [-0.3, -0.25) is 27.5 Å². The number of amides is 1. The highest BCUT2D eigenvalue weighted by Crippen LogP contribution is 2.66. The number of carbonyl (C=O) groups is 6. The second-order valence-electron chi connectivity index (χ2n) is 17.8. The Hall–Kier alpha value is -5.63. The molecule has 3 aromatic carbocycles. The Morgan fingerprint density at radius 1 is 0.815 bits per heavy atom. The largest absolute Gasteiger partial charge is 0.456 e. The Morgan fingerprint density at radius 3 is 1.98 bits per heavy atom. The molecule has 18 heteroatoms. The topological polar surface area (TPSA) is 237 Å². The molecule has 17 nitrogen and oxygen atoms in total. The molecular formula is C47H49NO16S. The summed E-state index contributed by atoms with van der Waals surface area (Å²) >= 11 is -2.47. The number of hydrogen-bond donors (Lipinski definition) is 3. The zero-order valence-electron chi connectivity index (χ0n) is 36.3. The van der Waals surface area contributed by atoms with Crippen molar-refractivity contribution in [3.05, 3.63) is 119 Å². The van der Waals surface area contributed by atoms with Crippen LogP contribution in [-0.4, -0.2) is 111 Å². The third-order valence-corrected chi connectivity index (χ3v) is 14.6. The van der Waals surface area contributed by atoms with E-state index in [0.717, 1.165) is 13.8 Å². The number of hydrogen-bond acceptors (Lipinski definition) is 16. The highest BCUT2D eigenvalue weighted by Gasteiger charge is 2.82. The van der Waals surface area contributed by atoms with Crippen molar-refractivity contribution in [3.8, 4) is 0 Å². The Balaban J connectivity index is 1.30. The summed E-state index contributed by atoms with van der Waals surface area (Å²) < 4.78 is 55.3. The van der Waals surface area contributed by atoms with Gasteiger partial charge in [0.2, 0.25) is 0 Å². The first kappa shape index (κ1) is 45.9. The zero-order chi connectivity index (χ0) is 46.8. The number of fused-ring (bicyclic) bond motifs is 8. The number of carbonyl (C=O) groups excluding carboxylic acids is 6. The van der Waals surface area contributed by atoms with Crippen LogP contribution in [0.15, 0.2) is 102 Å². The number of esters is 4. The number of benzene rings is 3. The Kier molecular flexibility index (Phi) is 12.0. The normalized spacial score (nSPS) is 34.1. The van der Waals surface area contributed by atoms with Crippen molar-refractivity contribution in [3.63, 3.8) is 0 Å². The first-order valence-corrected chi connectivity index (χ1v) is 22.0. The summed E-state index contributed by atoms with van der Waals surface area (Å²) in [6.45, 7) is 7.76. The van der Waals surface area contributed by atoms with Crippen LogP contribution in [0.3, 0.4) is 0 Å². The highest BCUT2D eigenvalue weighted by atomic mass is 32.2. The van der Waals surface area contributed by atoms with E-state index < -0.39 is 137 Å². The van der Waals surface area contributed by atoms with Crippen LogP contribution in [0.25, 0.3) is 0 Å². The van der Waals surface area contributed by atoms with Gasteiger partial charge in [-0.25, -0.2) is 9.59 Å². The molecule has 344 valence electrons. The monoisotopic (exact) mass is 915 g/mol. The molecule has 0 spiro atoms. The van der Waals surface area contributed by atoms with Crippen molar-refractivity contribution in [1.82, 2.24) is 5.32 Å². The lowest BCUT2D eigenvalue weighted by Crippen LogP contribution is -2.84. The van der Waals surface area contributed by atoms with Gasteiger partial charge in [0.1, 0.15) is 36.1 Å². The molecule has 4 fully saturated rings. The van der Waals surface area contributed by atoms with Crippen LogP contribution in [-0.2, 0) is 62.6 Å². The van der Waals surface area contributed by atoms with E-state index in [0.29, 0.717) is 5.56 Å². The molecule has 1 amide bonds. The molecule has 0 unspecified atom stereocenters. The van der Waals surface area contributed by atoms with E-state index in [1.165, 1.54) is 26.0 Å². The second kappa shape index (κ2) is 17.0. The van der Waals surface area contributed by atoms with Crippen molar-refractivity contribution in [2.45, 2.75) is 108 Å². The molecule has 8 rings (SSSR count). The second-order valence-corrected chi connectivity index (χ2v) is 18.6. The minimum atomic E-state index is -2.47. The number of Topliss-reactive ketones (excluding diaryl/α,β-unsaturated/α-hetero) is 1. The van der Waals surface area contributed by atoms with Crippen LogP contribution in [0.5, 0.6) is 0 Å². The van der Waals surface area contributed by atoms with Crippen molar-refractivity contribution in [2.24, 2.45) is 16.7 Å². The number of aliphatic hydroxyl groups excluding tert-OH is 1. The number of ether oxygens (including phenoxy) is 5. The third-order valence-electron chi connectivity index (χ3n) is 13.8. The third kappa shape index (κ3) is 7.49. The molecule has 2 saturated heterocycles. The van der Waals surface area contributed by atoms with E-state index in [2.05, 4.69) is 5.32 Å². The van der Waals surface area contributed by atoms with E-state index in [1.807, 2.05) is 0 Å². The lowest BCUT2D eigenvalue weighted by Gasteiger charge is -2.67. The van der Waals surface area contributed by atoms with Crippen molar-refractivity contribution in [2.75, 3.05) is 6.61 Å². The Morgan fingerprint density at radius 2 is 1.42 bits per heavy atom. The summed E-state index contributed by atoms with van der Waals surface area (Å²) in [5.74, 6) is -7.12. The van der Waals surface area contributed by atoms with Gasteiger partial charge < -0.3 is 39.2 Å². The van der Waals surface area contributed by atoms with E-state index in [9.17, 15) is 38.4 Å². The molecule has 5 aliphatic rings. The van der Waals surface area contributed by atoms with Crippen LogP contribution in [0.2, 0.25) is 0 Å². The molecule has 2 saturated carbocycles. The Labute approximate surface area is 376 Å². The summed E-state index contributed by atoms with van der Waals surface area (Å²) in [7, 11) is 0. The number of aliphatic hydroxyl groups is 2. The Bertz CT molecular complexity index is 2460. The van der Waals surface area contributed by atoms with Crippen LogP contribution >= 0.6 is 0 Å². The summed E-state index contributed by atoms with van der Waals surface area (Å²) in [6, 6.07) is 22.8. The van der Waals surface area contributed by atoms with Crippen molar-refractivity contribution in [1.29, 1.82) is 0 Å². The SMILES string of the molecule is CC(=O)O[C@H]1C(=O)[C@]2(C)[C@@H]3O[S@@](=O)O[C@@H]3[C@H]3OC[C@@]3(OC(C)=O)[C@H]2[C@H](OC(=O)c2ccccc2)[C@]2(O)C[C@H](OC(=O)[C@H](O)[C@@H](NC(=O)c3ccccc3)c3ccccc3)C(C)=C1C2(C)C. The summed E-state index contributed by atoms with van der Waals surface area (Å²) in [5, 5.41) is 28.4. The van der Waals surface area contributed by atoms with Crippen LogP contribution in [0, 0.1) is 16.7 Å². The van der Waals surface area contributed by atoms with E-state index in [-0.39, 0.29) is 22.3 Å². The molecule has 13 atom stereocenters. The molecule has 3 aliphatic carbocycles. The quantitative estimate of drug-likeness (QED) is 0.150. The maximum atomic E-state index is 15.8. The first-order valence-electron chi connectivity index (χ1n) is 21.0. The predicted molar refractivity (Wildman–Crippen MR) is 225 cm³/mol. The zero-order valence-corrected chi connectivity index (χ0v) is 37.1. The van der Waals surface area contributed by atoms with Gasteiger partial charge in [0.15, 0.2) is 23.6 Å². The predicted octanol–water partition coefficient (Wildman–Crippen LogP) is 3.35. The van der Waals surface area contributed by atoms with Gasteiger partial charge in [0.25, 0.3) is 5.91 Å². The molecule has 65 heavy (non-hydrogen) atoms. The smallest absolute Gasteiger partial charge is 0.338 e. The van der Waals surface area contributed by atoms with E-state index >= 15 is 4.79 Å². The number of nitrogens with one attached hydrogen (secondary N) is 1. The first-order chi connectivity index (χ1) is 30.8. The molecule has 3 N–H and O–H groups in total. The van der Waals surface area contributed by atoms with Crippen molar-refractivity contribution >= 4 is 46.9 Å². The van der Waals surface area contributed by atoms with Gasteiger partial charge in [0.05, 0.1) is 29.5 Å². The molecule has 0 radical (unpaired) electrons. The standard InChI is InChI=1S/C47H49NO16S/c1-24-30(60-43(55)33(51)32(27-16-10-7-11-17-27)48-41(53)28-18-12-8-13-19-28)22-47(56)40(61-42(54)29-20-14-9-15-21-29)36-45(6,37(52)34(59-25(2)49)31(24)44(47,4)5)38-35(63-65(57)64-38)39-46(36,23-58-39)62-26(3)50/h7-21,30,32-36,38-40,51,56H,22-23H2,1-6H3,(H,48,53)/t30-,32-,33+,34+,35-,36-,38+,39+,40-,45+,46+,47+,65-/m0/s1. The lowest BCUT2D eigenvalue weighted by molar-refractivity contribution is -0.357.